The van der Waals surface area contributed by atoms with Crippen LogP contribution in [0.2, 0.25) is 10.0 Å². The van der Waals surface area contributed by atoms with E-state index < -0.39 is 24.3 Å². The normalized spacial score (nSPS) is 10.7. The summed E-state index contributed by atoms with van der Waals surface area (Å²) in [4.78, 5) is 24.4. The average molecular weight is 428 g/mol. The van der Waals surface area contributed by atoms with Gasteiger partial charge in [0.15, 0.2) is 6.61 Å². The molecule has 1 amide bonds. The maximum Gasteiger partial charge on any atom is 0.350 e. The van der Waals surface area contributed by atoms with E-state index in [4.69, 9.17) is 32.7 Å². The summed E-state index contributed by atoms with van der Waals surface area (Å²) in [5.41, 5.74) is 0.287. The number of nitrogens with one attached hydrogen (secondary N) is 1. The van der Waals surface area contributed by atoms with Crippen LogP contribution in [0.4, 0.5) is 10.1 Å². The maximum absolute atomic E-state index is 13.1. The highest BCUT2D eigenvalue weighted by Crippen LogP contribution is 2.37. The summed E-state index contributed by atoms with van der Waals surface area (Å²) < 4.78 is 24.0. The summed E-state index contributed by atoms with van der Waals surface area (Å²) >= 11 is 13.0. The van der Waals surface area contributed by atoms with Gasteiger partial charge in [-0.15, -0.1) is 11.3 Å². The van der Waals surface area contributed by atoms with Gasteiger partial charge in [0.1, 0.15) is 16.4 Å². The van der Waals surface area contributed by atoms with Crippen LogP contribution in [-0.2, 0) is 9.53 Å². The number of methoxy groups -OCH3 is 1. The minimum Gasteiger partial charge on any atom is -0.497 e. The van der Waals surface area contributed by atoms with E-state index in [-0.39, 0.29) is 20.6 Å². The molecule has 0 saturated heterocycles. The van der Waals surface area contributed by atoms with Crippen LogP contribution in [0.15, 0.2) is 36.4 Å². The first-order valence-electron chi connectivity index (χ1n) is 7.57. The van der Waals surface area contributed by atoms with Crippen LogP contribution in [0.3, 0.4) is 0 Å². The van der Waals surface area contributed by atoms with E-state index in [9.17, 15) is 14.0 Å². The lowest BCUT2D eigenvalue weighted by Gasteiger charge is -2.06. The number of hydrogen-bond donors (Lipinski definition) is 1. The van der Waals surface area contributed by atoms with Gasteiger partial charge in [-0.2, -0.15) is 0 Å². The molecule has 3 aromatic rings. The highest BCUT2D eigenvalue weighted by atomic mass is 35.5. The van der Waals surface area contributed by atoms with Crippen LogP contribution < -0.4 is 10.1 Å². The molecule has 1 heterocycles. The van der Waals surface area contributed by atoms with Gasteiger partial charge in [-0.1, -0.05) is 23.2 Å². The molecule has 140 valence electrons. The van der Waals surface area contributed by atoms with Crippen molar-refractivity contribution >= 4 is 62.2 Å². The molecule has 3 rings (SSSR count). The van der Waals surface area contributed by atoms with Crippen molar-refractivity contribution in [3.63, 3.8) is 0 Å². The van der Waals surface area contributed by atoms with Crippen molar-refractivity contribution in [1.29, 1.82) is 0 Å². The van der Waals surface area contributed by atoms with Crippen molar-refractivity contribution in [3.8, 4) is 5.75 Å². The third kappa shape index (κ3) is 4.32. The van der Waals surface area contributed by atoms with E-state index in [2.05, 4.69) is 5.32 Å². The smallest absolute Gasteiger partial charge is 0.350 e. The Morgan fingerprint density at radius 3 is 2.67 bits per heavy atom. The van der Waals surface area contributed by atoms with Crippen LogP contribution in [0.5, 0.6) is 5.75 Å². The first kappa shape index (κ1) is 19.4. The molecule has 0 unspecified atom stereocenters. The molecule has 27 heavy (non-hydrogen) atoms. The number of rotatable bonds is 5. The number of carbonyl (C=O) groups is 2. The number of hydrogen-bond acceptors (Lipinski definition) is 5. The Kier molecular flexibility index (Phi) is 5.84. The zero-order chi connectivity index (χ0) is 19.6. The van der Waals surface area contributed by atoms with Crippen LogP contribution in [-0.4, -0.2) is 25.6 Å². The van der Waals surface area contributed by atoms with Gasteiger partial charge in [0, 0.05) is 15.8 Å². The standard InChI is InChI=1S/C18H12Cl2FNO4S/c1-25-10-3-4-11-14(7-10)27-17(16(11)20)18(24)26-8-15(23)22-9-2-5-13(21)12(19)6-9/h2-7H,8H2,1H3,(H,22,23). The molecule has 0 aliphatic carbocycles. The van der Waals surface area contributed by atoms with Gasteiger partial charge >= 0.3 is 5.97 Å². The van der Waals surface area contributed by atoms with Crippen LogP contribution in [0, 0.1) is 5.82 Å². The number of amides is 1. The highest BCUT2D eigenvalue weighted by molar-refractivity contribution is 7.21. The molecule has 2 aromatic carbocycles. The number of ether oxygens (including phenoxy) is 2. The SMILES string of the molecule is COc1ccc2c(Cl)c(C(=O)OCC(=O)Nc3ccc(F)c(Cl)c3)sc2c1. The van der Waals surface area contributed by atoms with Gasteiger partial charge in [0.2, 0.25) is 0 Å². The van der Waals surface area contributed by atoms with Gasteiger partial charge in [-0.3, -0.25) is 4.79 Å². The van der Waals surface area contributed by atoms with Gasteiger partial charge < -0.3 is 14.8 Å². The predicted molar refractivity (Wildman–Crippen MR) is 104 cm³/mol. The molecule has 0 fully saturated rings. The van der Waals surface area contributed by atoms with E-state index in [1.54, 1.807) is 25.3 Å². The highest BCUT2D eigenvalue weighted by Gasteiger charge is 2.20. The zero-order valence-electron chi connectivity index (χ0n) is 13.8. The molecule has 0 aliphatic heterocycles. The summed E-state index contributed by atoms with van der Waals surface area (Å²) in [6.07, 6.45) is 0. The molecule has 0 bridgehead atoms. The van der Waals surface area contributed by atoms with Gasteiger partial charge in [0.25, 0.3) is 5.91 Å². The summed E-state index contributed by atoms with van der Waals surface area (Å²) in [6, 6.07) is 8.96. The molecule has 1 N–H and O–H groups in total. The minimum absolute atomic E-state index is 0.128. The zero-order valence-corrected chi connectivity index (χ0v) is 16.2. The molecule has 0 atom stereocenters. The molecule has 0 aliphatic rings. The van der Waals surface area contributed by atoms with E-state index in [0.29, 0.717) is 11.1 Å². The second-order valence-corrected chi connectivity index (χ2v) is 7.20. The fourth-order valence-electron chi connectivity index (χ4n) is 2.27. The Morgan fingerprint density at radius 1 is 1.19 bits per heavy atom. The fraction of sp³-hybridized carbons (Fsp3) is 0.111. The fourth-order valence-corrected chi connectivity index (χ4v) is 3.88. The number of fused-ring (bicyclic) bond motifs is 1. The molecule has 5 nitrogen and oxygen atoms in total. The van der Waals surface area contributed by atoms with E-state index in [1.807, 2.05) is 0 Å². The number of thiophene rings is 1. The van der Waals surface area contributed by atoms with Crippen molar-refractivity contribution in [3.05, 3.63) is 57.1 Å². The largest absolute Gasteiger partial charge is 0.497 e. The number of esters is 1. The molecule has 0 radical (unpaired) electrons. The van der Waals surface area contributed by atoms with E-state index in [1.165, 1.54) is 12.1 Å². The lowest BCUT2D eigenvalue weighted by atomic mass is 10.2. The second-order valence-electron chi connectivity index (χ2n) is 5.36. The van der Waals surface area contributed by atoms with Crippen LogP contribution in [0.1, 0.15) is 9.67 Å². The summed E-state index contributed by atoms with van der Waals surface area (Å²) in [5.74, 6) is -1.27. The Labute approximate surface area is 167 Å². The predicted octanol–water partition coefficient (Wildman–Crippen LogP) is 5.15. The monoisotopic (exact) mass is 427 g/mol. The van der Waals surface area contributed by atoms with Gasteiger partial charge in [-0.05, 0) is 36.4 Å². The number of carbonyl (C=O) groups excluding carboxylic acids is 2. The quantitative estimate of drug-likeness (QED) is 0.571. The molecule has 1 aromatic heterocycles. The Hall–Kier alpha value is -2.35. The Balaban J connectivity index is 1.66. The van der Waals surface area contributed by atoms with E-state index in [0.717, 1.165) is 22.1 Å². The maximum atomic E-state index is 13.1. The summed E-state index contributed by atoms with van der Waals surface area (Å²) in [5, 5.41) is 3.28. The average Bonchev–Trinajstić information content (AvgIpc) is 2.99. The molecule has 9 heteroatoms. The van der Waals surface area contributed by atoms with Crippen molar-refractivity contribution in [1.82, 2.24) is 0 Å². The molecular formula is C18H12Cl2FNO4S. The molecular weight excluding hydrogens is 416 g/mol. The number of anilines is 1. The Morgan fingerprint density at radius 2 is 1.96 bits per heavy atom. The van der Waals surface area contributed by atoms with E-state index >= 15 is 0 Å². The lowest BCUT2D eigenvalue weighted by Crippen LogP contribution is -2.20. The lowest BCUT2D eigenvalue weighted by molar-refractivity contribution is -0.119. The van der Waals surface area contributed by atoms with Crippen molar-refractivity contribution in [2.24, 2.45) is 0 Å². The summed E-state index contributed by atoms with van der Waals surface area (Å²) in [6.45, 7) is -0.526. The minimum atomic E-state index is -0.715. The van der Waals surface area contributed by atoms with Crippen LogP contribution in [0.25, 0.3) is 10.1 Å². The van der Waals surface area contributed by atoms with Crippen molar-refractivity contribution in [2.75, 3.05) is 19.0 Å². The van der Waals surface area contributed by atoms with Crippen molar-refractivity contribution < 1.29 is 23.5 Å². The first-order valence-corrected chi connectivity index (χ1v) is 9.14. The van der Waals surface area contributed by atoms with Crippen LogP contribution >= 0.6 is 34.5 Å². The summed E-state index contributed by atoms with van der Waals surface area (Å²) in [7, 11) is 1.54. The molecule has 0 saturated carbocycles. The number of benzene rings is 2. The first-order chi connectivity index (χ1) is 12.9. The van der Waals surface area contributed by atoms with Gasteiger partial charge in [0.05, 0.1) is 17.2 Å². The van der Waals surface area contributed by atoms with Gasteiger partial charge in [-0.25, -0.2) is 9.18 Å². The Bertz CT molecular complexity index is 1040. The molecule has 0 spiro atoms. The third-order valence-corrected chi connectivity index (χ3v) is 5.49. The third-order valence-electron chi connectivity index (χ3n) is 3.56. The topological polar surface area (TPSA) is 64.6 Å². The second kappa shape index (κ2) is 8.12. The number of halogens is 3. The van der Waals surface area contributed by atoms with Crippen molar-refractivity contribution in [2.45, 2.75) is 0 Å².